The van der Waals surface area contributed by atoms with Gasteiger partial charge in [-0.25, -0.2) is 9.18 Å². The van der Waals surface area contributed by atoms with Gasteiger partial charge in [0.1, 0.15) is 11.6 Å². The van der Waals surface area contributed by atoms with Crippen molar-refractivity contribution >= 4 is 11.9 Å². The Morgan fingerprint density at radius 2 is 2.04 bits per heavy atom. The van der Waals surface area contributed by atoms with E-state index in [1.54, 1.807) is 48.5 Å². The Kier molecular flexibility index (Phi) is 3.56. The van der Waals surface area contributed by atoms with Crippen LogP contribution in [0.5, 0.6) is 0 Å². The maximum Gasteiger partial charge on any atom is 0.322 e. The molecule has 2 aliphatic rings. The molecule has 0 fully saturated rings. The number of hydrogen-bond acceptors (Lipinski definition) is 3. The van der Waals surface area contributed by atoms with Gasteiger partial charge in [-0.15, -0.1) is 0 Å². The zero-order chi connectivity index (χ0) is 17.6. The lowest BCUT2D eigenvalue weighted by Gasteiger charge is -2.31. The smallest absolute Gasteiger partial charge is 0.322 e. The van der Waals surface area contributed by atoms with Crippen LogP contribution in [0.4, 0.5) is 9.18 Å². The summed E-state index contributed by atoms with van der Waals surface area (Å²) in [6.07, 6.45) is 1.54. The molecule has 7 heteroatoms. The van der Waals surface area contributed by atoms with Gasteiger partial charge in [-0.05, 0) is 18.2 Å². The van der Waals surface area contributed by atoms with Crippen LogP contribution in [0, 0.1) is 5.82 Å². The summed E-state index contributed by atoms with van der Waals surface area (Å²) in [5.74, 6) is -0.0365. The molecule has 1 aromatic heterocycles. The molecule has 0 bridgehead atoms. The van der Waals surface area contributed by atoms with E-state index in [0.29, 0.717) is 23.6 Å². The van der Waals surface area contributed by atoms with Crippen LogP contribution in [-0.4, -0.2) is 35.3 Å². The van der Waals surface area contributed by atoms with Crippen LogP contribution in [0.1, 0.15) is 17.4 Å². The number of rotatable bonds is 3. The molecule has 128 valence electrons. The fraction of sp³-hybridized carbons (Fsp3) is 0.222. The van der Waals surface area contributed by atoms with E-state index < -0.39 is 11.9 Å². The van der Waals surface area contributed by atoms with Crippen LogP contribution in [0.25, 0.3) is 0 Å². The van der Waals surface area contributed by atoms with Crippen molar-refractivity contribution in [2.45, 2.75) is 12.6 Å². The molecule has 2 aliphatic heterocycles. The van der Waals surface area contributed by atoms with Gasteiger partial charge in [0.2, 0.25) is 0 Å². The Morgan fingerprint density at radius 3 is 2.76 bits per heavy atom. The minimum Gasteiger partial charge on any atom is -0.467 e. The predicted molar refractivity (Wildman–Crippen MR) is 86.6 cm³/mol. The highest BCUT2D eigenvalue weighted by molar-refractivity contribution is 6.01. The number of halogens is 1. The van der Waals surface area contributed by atoms with Crippen molar-refractivity contribution in [2.24, 2.45) is 0 Å². The number of benzene rings is 1. The van der Waals surface area contributed by atoms with Crippen molar-refractivity contribution in [3.63, 3.8) is 0 Å². The maximum atomic E-state index is 14.3. The highest BCUT2D eigenvalue weighted by Gasteiger charge is 2.43. The van der Waals surface area contributed by atoms with E-state index in [2.05, 4.69) is 5.32 Å². The fourth-order valence-corrected chi connectivity index (χ4v) is 3.28. The maximum absolute atomic E-state index is 14.3. The summed E-state index contributed by atoms with van der Waals surface area (Å²) in [6, 6.07) is 8.54. The minimum atomic E-state index is -0.797. The third-order valence-electron chi connectivity index (χ3n) is 4.58. The normalized spacial score (nSPS) is 20.2. The van der Waals surface area contributed by atoms with Crippen molar-refractivity contribution in [1.29, 1.82) is 0 Å². The molecule has 0 unspecified atom stereocenters. The number of likely N-dealkylation sites (N-methyl/N-ethyl adjacent to an activating group) is 1. The Labute approximate surface area is 143 Å². The van der Waals surface area contributed by atoms with Crippen LogP contribution in [0.2, 0.25) is 0 Å². The van der Waals surface area contributed by atoms with E-state index in [1.165, 1.54) is 11.0 Å². The van der Waals surface area contributed by atoms with Gasteiger partial charge >= 0.3 is 6.03 Å². The molecule has 25 heavy (non-hydrogen) atoms. The minimum absolute atomic E-state index is 0.230. The number of furan rings is 1. The lowest BCUT2D eigenvalue weighted by atomic mass is 9.95. The zero-order valence-corrected chi connectivity index (χ0v) is 13.5. The van der Waals surface area contributed by atoms with Gasteiger partial charge in [0.25, 0.3) is 5.91 Å². The summed E-state index contributed by atoms with van der Waals surface area (Å²) in [4.78, 5) is 28.2. The van der Waals surface area contributed by atoms with E-state index in [1.807, 2.05) is 0 Å². The molecule has 3 heterocycles. The van der Waals surface area contributed by atoms with Crippen LogP contribution >= 0.6 is 0 Å². The molecule has 0 radical (unpaired) electrons. The second-order valence-corrected chi connectivity index (χ2v) is 6.06. The molecule has 0 spiro atoms. The number of nitrogens with one attached hydrogen (secondary N) is 1. The molecule has 2 aromatic rings. The summed E-state index contributed by atoms with van der Waals surface area (Å²) in [7, 11) is 1.60. The van der Waals surface area contributed by atoms with Gasteiger partial charge < -0.3 is 14.6 Å². The Bertz CT molecular complexity index is 875. The number of carbonyl (C=O) groups is 2. The predicted octanol–water partition coefficient (Wildman–Crippen LogP) is 2.41. The molecular weight excluding hydrogens is 325 g/mol. The van der Waals surface area contributed by atoms with E-state index in [9.17, 15) is 14.0 Å². The second kappa shape index (κ2) is 5.77. The van der Waals surface area contributed by atoms with Crippen LogP contribution < -0.4 is 5.32 Å². The van der Waals surface area contributed by atoms with Crippen LogP contribution in [0.3, 0.4) is 0 Å². The summed E-state index contributed by atoms with van der Waals surface area (Å²) in [6.45, 7) is 0.578. The molecule has 0 aliphatic carbocycles. The Morgan fingerprint density at radius 1 is 1.24 bits per heavy atom. The van der Waals surface area contributed by atoms with E-state index in [-0.39, 0.29) is 24.0 Å². The van der Waals surface area contributed by atoms with Gasteiger partial charge in [0.15, 0.2) is 0 Å². The largest absolute Gasteiger partial charge is 0.467 e. The van der Waals surface area contributed by atoms with Crippen molar-refractivity contribution in [1.82, 2.24) is 15.1 Å². The highest BCUT2D eigenvalue weighted by atomic mass is 19.1. The Hall–Kier alpha value is -3.09. The van der Waals surface area contributed by atoms with Crippen molar-refractivity contribution in [3.8, 4) is 0 Å². The fourth-order valence-electron chi connectivity index (χ4n) is 3.28. The summed E-state index contributed by atoms with van der Waals surface area (Å²) < 4.78 is 19.6. The van der Waals surface area contributed by atoms with E-state index in [4.69, 9.17) is 4.42 Å². The number of urea groups is 1. The summed E-state index contributed by atoms with van der Waals surface area (Å²) in [5.41, 5.74) is 1.27. The standard InChI is InChI=1S/C18H16FN3O3/c1-21-14-10-22(9-11-5-4-8-25-11)17(23)15(14)16(20-18(21)24)12-6-2-3-7-13(12)19/h2-8,16H,9-10H2,1H3,(H,20,24)/t16-/m0/s1. The van der Waals surface area contributed by atoms with Crippen LogP contribution in [0.15, 0.2) is 58.3 Å². The highest BCUT2D eigenvalue weighted by Crippen LogP contribution is 2.36. The zero-order valence-electron chi connectivity index (χ0n) is 13.5. The average Bonchev–Trinajstić information content (AvgIpc) is 3.21. The lowest BCUT2D eigenvalue weighted by Crippen LogP contribution is -2.45. The number of carbonyl (C=O) groups excluding carboxylic acids is 2. The molecule has 4 rings (SSSR count). The monoisotopic (exact) mass is 341 g/mol. The summed E-state index contributed by atoms with van der Waals surface area (Å²) >= 11 is 0. The molecule has 0 saturated carbocycles. The summed E-state index contributed by atoms with van der Waals surface area (Å²) in [5, 5.41) is 2.72. The van der Waals surface area contributed by atoms with E-state index >= 15 is 0 Å². The van der Waals surface area contributed by atoms with Gasteiger partial charge in [0, 0.05) is 12.6 Å². The van der Waals surface area contributed by atoms with Gasteiger partial charge in [0.05, 0.1) is 36.7 Å². The molecule has 6 nitrogen and oxygen atoms in total. The van der Waals surface area contributed by atoms with Crippen LogP contribution in [-0.2, 0) is 11.3 Å². The molecule has 1 N–H and O–H groups in total. The van der Waals surface area contributed by atoms with Crippen molar-refractivity contribution in [2.75, 3.05) is 13.6 Å². The second-order valence-electron chi connectivity index (χ2n) is 6.06. The lowest BCUT2D eigenvalue weighted by molar-refractivity contribution is -0.126. The number of amides is 3. The SMILES string of the molecule is CN1C(=O)N[C@@H](c2ccccc2F)C2=C1CN(Cc1ccco1)C2=O. The molecule has 1 aromatic carbocycles. The Balaban J connectivity index is 1.72. The molecule has 1 atom stereocenters. The first kappa shape index (κ1) is 15.4. The van der Waals surface area contributed by atoms with E-state index in [0.717, 1.165) is 0 Å². The third kappa shape index (κ3) is 2.48. The molecule has 3 amide bonds. The average molecular weight is 341 g/mol. The van der Waals surface area contributed by atoms with Gasteiger partial charge in [-0.1, -0.05) is 18.2 Å². The van der Waals surface area contributed by atoms with Crippen molar-refractivity contribution < 1.29 is 18.4 Å². The first-order valence-electron chi connectivity index (χ1n) is 7.89. The first-order valence-corrected chi connectivity index (χ1v) is 7.89. The number of nitrogens with zero attached hydrogens (tertiary/aromatic N) is 2. The molecular formula is C18H16FN3O3. The topological polar surface area (TPSA) is 65.8 Å². The van der Waals surface area contributed by atoms with Gasteiger partial charge in [-0.2, -0.15) is 0 Å². The first-order chi connectivity index (χ1) is 12.1. The quantitative estimate of drug-likeness (QED) is 0.932. The van der Waals surface area contributed by atoms with Gasteiger partial charge in [-0.3, -0.25) is 9.69 Å². The van der Waals surface area contributed by atoms with Crippen molar-refractivity contribution in [3.05, 3.63) is 71.1 Å². The number of hydrogen-bond donors (Lipinski definition) is 1. The third-order valence-corrected chi connectivity index (χ3v) is 4.58. The molecule has 0 saturated heterocycles.